The molecule has 2 N–H and O–H groups in total. The molecule has 2 heterocycles. The molecule has 136 valence electrons. The maximum absolute atomic E-state index is 9.66. The number of H-pyrrole nitrogens is 1. The molecule has 0 spiro atoms. The number of hydrogen-bond acceptors (Lipinski definition) is 4. The molecule has 26 heavy (non-hydrogen) atoms. The monoisotopic (exact) mass is 351 g/mol. The Kier molecular flexibility index (Phi) is 4.91. The topological polar surface area (TPSA) is 61.4 Å². The molecular formula is C21H25N3O2. The van der Waals surface area contributed by atoms with E-state index in [9.17, 15) is 5.11 Å². The van der Waals surface area contributed by atoms with Crippen LogP contribution in [0.5, 0.6) is 5.75 Å². The Hall–Kier alpha value is -2.37. The van der Waals surface area contributed by atoms with Crippen molar-refractivity contribution in [3.05, 3.63) is 48.2 Å². The van der Waals surface area contributed by atoms with Gasteiger partial charge in [0.1, 0.15) is 5.75 Å². The summed E-state index contributed by atoms with van der Waals surface area (Å²) in [4.78, 5) is 2.38. The highest BCUT2D eigenvalue weighted by Gasteiger charge is 2.23. The molecule has 1 aliphatic rings. The van der Waals surface area contributed by atoms with Gasteiger partial charge in [-0.2, -0.15) is 5.10 Å². The number of ether oxygens (including phenoxy) is 1. The molecule has 5 heteroatoms. The summed E-state index contributed by atoms with van der Waals surface area (Å²) in [6, 6.07) is 12.8. The predicted molar refractivity (Wildman–Crippen MR) is 103 cm³/mol. The van der Waals surface area contributed by atoms with Crippen LogP contribution in [0.2, 0.25) is 0 Å². The summed E-state index contributed by atoms with van der Waals surface area (Å²) in [5, 5.41) is 19.5. The Bertz CT molecular complexity index is 890. The van der Waals surface area contributed by atoms with Crippen molar-refractivity contribution in [3.8, 4) is 17.0 Å². The van der Waals surface area contributed by atoms with Gasteiger partial charge in [-0.25, -0.2) is 0 Å². The van der Waals surface area contributed by atoms with Crippen molar-refractivity contribution in [2.75, 3.05) is 20.3 Å². The average Bonchev–Trinajstić information content (AvgIpc) is 3.15. The number of likely N-dealkylation sites (tertiary alicyclic amines) is 1. The first-order valence-electron chi connectivity index (χ1n) is 9.24. The fourth-order valence-electron chi connectivity index (χ4n) is 3.88. The van der Waals surface area contributed by atoms with Crippen molar-refractivity contribution in [3.63, 3.8) is 0 Å². The third-order valence-corrected chi connectivity index (χ3v) is 5.39. The zero-order valence-corrected chi connectivity index (χ0v) is 15.1. The first-order valence-corrected chi connectivity index (χ1v) is 9.24. The lowest BCUT2D eigenvalue weighted by Gasteiger charge is -2.34. The van der Waals surface area contributed by atoms with Crippen molar-refractivity contribution >= 4 is 10.8 Å². The van der Waals surface area contributed by atoms with E-state index in [4.69, 9.17) is 4.74 Å². The average molecular weight is 351 g/mol. The van der Waals surface area contributed by atoms with E-state index in [0.717, 1.165) is 41.9 Å². The van der Waals surface area contributed by atoms with Crippen molar-refractivity contribution < 1.29 is 9.84 Å². The summed E-state index contributed by atoms with van der Waals surface area (Å²) in [6.45, 7) is 2.08. The molecule has 1 saturated heterocycles. The number of benzene rings is 2. The highest BCUT2D eigenvalue weighted by Crippen LogP contribution is 2.29. The molecule has 0 bridgehead atoms. The lowest BCUT2D eigenvalue weighted by molar-refractivity contribution is 0.0842. The van der Waals surface area contributed by atoms with Crippen LogP contribution in [0, 0.1) is 0 Å². The molecule has 0 radical (unpaired) electrons. The summed E-state index contributed by atoms with van der Waals surface area (Å²) < 4.78 is 5.31. The molecule has 1 unspecified atom stereocenters. The number of methoxy groups -OCH3 is 1. The molecule has 1 aromatic heterocycles. The fourth-order valence-corrected chi connectivity index (χ4v) is 3.88. The maximum atomic E-state index is 9.66. The van der Waals surface area contributed by atoms with Gasteiger partial charge < -0.3 is 9.84 Å². The van der Waals surface area contributed by atoms with Crippen LogP contribution in [-0.2, 0) is 6.54 Å². The zero-order chi connectivity index (χ0) is 17.9. The van der Waals surface area contributed by atoms with Crippen LogP contribution < -0.4 is 4.74 Å². The number of fused-ring (bicyclic) bond motifs is 1. The van der Waals surface area contributed by atoms with Gasteiger partial charge in [0.25, 0.3) is 0 Å². The number of piperidine rings is 1. The number of nitrogens with zero attached hydrogens (tertiary/aromatic N) is 2. The van der Waals surface area contributed by atoms with Gasteiger partial charge in [0.15, 0.2) is 0 Å². The van der Waals surface area contributed by atoms with Crippen LogP contribution >= 0.6 is 0 Å². The van der Waals surface area contributed by atoms with Gasteiger partial charge in [0.2, 0.25) is 0 Å². The van der Waals surface area contributed by atoms with E-state index in [1.54, 1.807) is 7.11 Å². The van der Waals surface area contributed by atoms with Crippen molar-refractivity contribution in [2.24, 2.45) is 0 Å². The van der Waals surface area contributed by atoms with E-state index < -0.39 is 0 Å². The predicted octanol–water partition coefficient (Wildman–Crippen LogP) is 3.59. The second kappa shape index (κ2) is 7.48. The molecule has 0 amide bonds. The van der Waals surface area contributed by atoms with Gasteiger partial charge >= 0.3 is 0 Å². The molecule has 0 saturated carbocycles. The van der Waals surface area contributed by atoms with Gasteiger partial charge in [0.05, 0.1) is 25.6 Å². The standard InChI is InChI=1S/C21H25N3O2/c1-26-20-8-7-15-10-17(6-5-16(15)11-20)21-18(12-22-23-21)13-24-9-3-2-4-19(24)14-25/h5-8,10-12,19,25H,2-4,9,13-14H2,1H3,(H,22,23). The number of aromatic nitrogens is 2. The fraction of sp³-hybridized carbons (Fsp3) is 0.381. The summed E-state index contributed by atoms with van der Waals surface area (Å²) in [6.07, 6.45) is 5.38. The second-order valence-corrected chi connectivity index (χ2v) is 7.00. The third-order valence-electron chi connectivity index (χ3n) is 5.39. The Balaban J connectivity index is 1.62. The number of aromatic amines is 1. The van der Waals surface area contributed by atoms with Crippen LogP contribution in [0.3, 0.4) is 0 Å². The molecule has 5 nitrogen and oxygen atoms in total. The molecule has 0 aliphatic carbocycles. The van der Waals surface area contributed by atoms with Crippen molar-refractivity contribution in [2.45, 2.75) is 31.8 Å². The number of rotatable bonds is 5. The number of aliphatic hydroxyl groups is 1. The molecule has 1 atom stereocenters. The van der Waals surface area contributed by atoms with Crippen LogP contribution in [-0.4, -0.2) is 46.5 Å². The van der Waals surface area contributed by atoms with Crippen molar-refractivity contribution in [1.82, 2.24) is 15.1 Å². The highest BCUT2D eigenvalue weighted by molar-refractivity contribution is 5.88. The third kappa shape index (κ3) is 3.32. The Morgan fingerprint density at radius 1 is 1.19 bits per heavy atom. The molecule has 1 aliphatic heterocycles. The Labute approximate surface area is 153 Å². The summed E-state index contributed by atoms with van der Waals surface area (Å²) in [7, 11) is 1.69. The van der Waals surface area contributed by atoms with Gasteiger partial charge in [-0.1, -0.05) is 24.6 Å². The van der Waals surface area contributed by atoms with Gasteiger partial charge in [0, 0.05) is 23.7 Å². The normalized spacial score (nSPS) is 18.3. The molecule has 2 aromatic carbocycles. The lowest BCUT2D eigenvalue weighted by atomic mass is 10.00. The molecule has 3 aromatic rings. The van der Waals surface area contributed by atoms with Crippen LogP contribution in [0.25, 0.3) is 22.0 Å². The zero-order valence-electron chi connectivity index (χ0n) is 15.1. The first-order chi connectivity index (χ1) is 12.8. The van der Waals surface area contributed by atoms with E-state index in [1.165, 1.54) is 23.8 Å². The second-order valence-electron chi connectivity index (χ2n) is 7.00. The van der Waals surface area contributed by atoms with Gasteiger partial charge in [-0.3, -0.25) is 10.00 Å². The molecule has 1 fully saturated rings. The van der Waals surface area contributed by atoms with E-state index in [2.05, 4.69) is 39.4 Å². The van der Waals surface area contributed by atoms with Crippen LogP contribution in [0.1, 0.15) is 24.8 Å². The highest BCUT2D eigenvalue weighted by atomic mass is 16.5. The number of nitrogens with one attached hydrogen (secondary N) is 1. The summed E-state index contributed by atoms with van der Waals surface area (Å²) >= 11 is 0. The number of aliphatic hydroxyl groups excluding tert-OH is 1. The Morgan fingerprint density at radius 2 is 2.04 bits per heavy atom. The summed E-state index contributed by atoms with van der Waals surface area (Å²) in [5.74, 6) is 0.868. The van der Waals surface area contributed by atoms with E-state index >= 15 is 0 Å². The van der Waals surface area contributed by atoms with Crippen molar-refractivity contribution in [1.29, 1.82) is 0 Å². The minimum Gasteiger partial charge on any atom is -0.497 e. The van der Waals surface area contributed by atoms with E-state index in [0.29, 0.717) is 0 Å². The van der Waals surface area contributed by atoms with Crippen LogP contribution in [0.4, 0.5) is 0 Å². The maximum Gasteiger partial charge on any atom is 0.119 e. The molecular weight excluding hydrogens is 326 g/mol. The quantitative estimate of drug-likeness (QED) is 0.737. The minimum absolute atomic E-state index is 0.227. The number of hydrogen-bond donors (Lipinski definition) is 2. The van der Waals surface area contributed by atoms with Gasteiger partial charge in [-0.05, 0) is 48.4 Å². The lowest BCUT2D eigenvalue weighted by Crippen LogP contribution is -2.41. The molecule has 4 rings (SSSR count). The van der Waals surface area contributed by atoms with E-state index in [-0.39, 0.29) is 12.6 Å². The Morgan fingerprint density at radius 3 is 2.88 bits per heavy atom. The van der Waals surface area contributed by atoms with E-state index in [1.807, 2.05) is 18.3 Å². The van der Waals surface area contributed by atoms with Crippen LogP contribution in [0.15, 0.2) is 42.6 Å². The minimum atomic E-state index is 0.227. The first kappa shape index (κ1) is 17.1. The smallest absolute Gasteiger partial charge is 0.119 e. The largest absolute Gasteiger partial charge is 0.497 e. The van der Waals surface area contributed by atoms with Gasteiger partial charge in [-0.15, -0.1) is 0 Å². The summed E-state index contributed by atoms with van der Waals surface area (Å²) in [5.41, 5.74) is 3.37. The SMILES string of the molecule is COc1ccc2cc(-c3[nH]ncc3CN3CCCCC3CO)ccc2c1.